The van der Waals surface area contributed by atoms with Crippen LogP contribution >= 0.6 is 0 Å². The van der Waals surface area contributed by atoms with Crippen LogP contribution in [0.1, 0.15) is 58.8 Å². The summed E-state index contributed by atoms with van der Waals surface area (Å²) < 4.78 is 11.8. The summed E-state index contributed by atoms with van der Waals surface area (Å²) in [6.07, 6.45) is 7.35. The van der Waals surface area contributed by atoms with E-state index in [0.717, 1.165) is 91.0 Å². The second-order valence-corrected chi connectivity index (χ2v) is 9.89. The average Bonchev–Trinajstić information content (AvgIpc) is 2.74. The molecule has 2 heterocycles. The van der Waals surface area contributed by atoms with Crippen LogP contribution in [0.2, 0.25) is 0 Å². The molecule has 168 valence electrons. The van der Waals surface area contributed by atoms with E-state index in [0.29, 0.717) is 0 Å². The van der Waals surface area contributed by atoms with Gasteiger partial charge in [-0.1, -0.05) is 0 Å². The van der Waals surface area contributed by atoms with Crippen LogP contribution in [0.25, 0.3) is 0 Å². The fourth-order valence-electron chi connectivity index (χ4n) is 6.54. The smallest absolute Gasteiger partial charge is 0.0681 e. The van der Waals surface area contributed by atoms with Crippen molar-refractivity contribution < 1.29 is 19.7 Å². The molecule has 29 heavy (non-hydrogen) atoms. The first-order valence-electron chi connectivity index (χ1n) is 12.1. The predicted octanol–water partition coefficient (Wildman–Crippen LogP) is 1.88. The SMILES string of the molecule is CCOC1CC(O)C12CCN(CCCN1CCC3(CC1)C(O)CC3OCC)CC2. The van der Waals surface area contributed by atoms with E-state index in [4.69, 9.17) is 9.47 Å². The van der Waals surface area contributed by atoms with Crippen LogP contribution in [0.15, 0.2) is 0 Å². The Balaban J connectivity index is 1.14. The number of hydrogen-bond donors (Lipinski definition) is 2. The van der Waals surface area contributed by atoms with Gasteiger partial charge in [0.05, 0.1) is 24.4 Å². The highest BCUT2D eigenvalue weighted by Crippen LogP contribution is 2.52. The Bertz CT molecular complexity index is 479. The van der Waals surface area contributed by atoms with Gasteiger partial charge in [-0.05, 0) is 85.2 Å². The second-order valence-electron chi connectivity index (χ2n) is 9.89. The molecule has 4 atom stereocenters. The van der Waals surface area contributed by atoms with Crippen molar-refractivity contribution in [2.45, 2.75) is 83.2 Å². The van der Waals surface area contributed by atoms with Crippen LogP contribution in [0.5, 0.6) is 0 Å². The van der Waals surface area contributed by atoms with E-state index in [1.807, 2.05) is 0 Å². The summed E-state index contributed by atoms with van der Waals surface area (Å²) >= 11 is 0. The summed E-state index contributed by atoms with van der Waals surface area (Å²) in [5, 5.41) is 20.7. The highest BCUT2D eigenvalue weighted by atomic mass is 16.5. The monoisotopic (exact) mass is 410 g/mol. The Hall–Kier alpha value is -0.240. The van der Waals surface area contributed by atoms with Gasteiger partial charge in [-0.2, -0.15) is 0 Å². The van der Waals surface area contributed by atoms with Gasteiger partial charge in [0, 0.05) is 36.9 Å². The molecule has 2 N–H and O–H groups in total. The number of hydrogen-bond acceptors (Lipinski definition) is 6. The van der Waals surface area contributed by atoms with Gasteiger partial charge < -0.3 is 29.5 Å². The summed E-state index contributed by atoms with van der Waals surface area (Å²) in [7, 11) is 0. The number of rotatable bonds is 8. The van der Waals surface area contributed by atoms with E-state index < -0.39 is 0 Å². The van der Waals surface area contributed by atoms with E-state index in [1.165, 1.54) is 6.42 Å². The molecule has 2 aliphatic carbocycles. The molecular weight excluding hydrogens is 368 g/mol. The normalized spacial score (nSPS) is 36.8. The maximum absolute atomic E-state index is 10.4. The molecule has 2 aliphatic heterocycles. The Morgan fingerprint density at radius 2 is 1.10 bits per heavy atom. The Labute approximate surface area is 176 Å². The fourth-order valence-corrected chi connectivity index (χ4v) is 6.54. The molecule has 6 heteroatoms. The van der Waals surface area contributed by atoms with E-state index in [1.54, 1.807) is 0 Å². The van der Waals surface area contributed by atoms with Crippen molar-refractivity contribution in [2.75, 3.05) is 52.5 Å². The topological polar surface area (TPSA) is 65.4 Å². The first-order valence-corrected chi connectivity index (χ1v) is 12.1. The molecule has 2 saturated carbocycles. The lowest BCUT2D eigenvalue weighted by Gasteiger charge is -2.57. The summed E-state index contributed by atoms with van der Waals surface area (Å²) in [5.41, 5.74) is 0.0722. The van der Waals surface area contributed by atoms with Crippen LogP contribution in [0.4, 0.5) is 0 Å². The third-order valence-corrected chi connectivity index (χ3v) is 8.74. The number of aliphatic hydroxyl groups is 2. The highest BCUT2D eigenvalue weighted by Gasteiger charge is 2.57. The average molecular weight is 411 g/mol. The zero-order chi connectivity index (χ0) is 20.5. The molecule has 4 aliphatic rings. The van der Waals surface area contributed by atoms with Crippen molar-refractivity contribution in [3.63, 3.8) is 0 Å². The Morgan fingerprint density at radius 1 is 0.724 bits per heavy atom. The summed E-state index contributed by atoms with van der Waals surface area (Å²) in [4.78, 5) is 5.15. The van der Waals surface area contributed by atoms with Crippen molar-refractivity contribution in [1.82, 2.24) is 9.80 Å². The minimum atomic E-state index is -0.163. The van der Waals surface area contributed by atoms with Gasteiger partial charge in [0.25, 0.3) is 0 Å². The lowest BCUT2D eigenvalue weighted by molar-refractivity contribution is -0.210. The molecule has 6 nitrogen and oxygen atoms in total. The molecule has 4 fully saturated rings. The molecule has 4 rings (SSSR count). The van der Waals surface area contributed by atoms with Crippen LogP contribution in [0.3, 0.4) is 0 Å². The van der Waals surface area contributed by atoms with Crippen molar-refractivity contribution in [2.24, 2.45) is 10.8 Å². The molecular formula is C23H42N2O4. The number of piperidine rings is 2. The molecule has 4 unspecified atom stereocenters. The summed E-state index contributed by atoms with van der Waals surface area (Å²) in [5.74, 6) is 0. The molecule has 0 radical (unpaired) electrons. The van der Waals surface area contributed by atoms with Gasteiger partial charge >= 0.3 is 0 Å². The van der Waals surface area contributed by atoms with Gasteiger partial charge in [-0.25, -0.2) is 0 Å². The molecule has 2 saturated heterocycles. The molecule has 2 spiro atoms. The standard InChI is InChI=1S/C23H42N2O4/c1-3-28-20-16-18(26)22(20)6-12-24(13-7-22)10-5-11-25-14-8-23(9-15-25)19(27)17-21(23)29-4-2/h18-21,26-27H,3-17H2,1-2H3. The predicted molar refractivity (Wildman–Crippen MR) is 113 cm³/mol. The quantitative estimate of drug-likeness (QED) is 0.637. The summed E-state index contributed by atoms with van der Waals surface area (Å²) in [6, 6.07) is 0. The van der Waals surface area contributed by atoms with E-state index in [9.17, 15) is 10.2 Å². The number of likely N-dealkylation sites (tertiary alicyclic amines) is 2. The van der Waals surface area contributed by atoms with Gasteiger partial charge in [0.2, 0.25) is 0 Å². The Morgan fingerprint density at radius 3 is 1.41 bits per heavy atom. The number of aliphatic hydroxyl groups excluding tert-OH is 2. The molecule has 0 aromatic carbocycles. The van der Waals surface area contributed by atoms with Crippen LogP contribution in [-0.2, 0) is 9.47 Å². The molecule has 0 aromatic rings. The molecule has 0 amide bonds. The van der Waals surface area contributed by atoms with Crippen molar-refractivity contribution in [3.8, 4) is 0 Å². The summed E-state index contributed by atoms with van der Waals surface area (Å²) in [6.45, 7) is 12.3. The maximum atomic E-state index is 10.4. The first-order chi connectivity index (χ1) is 14.0. The molecule has 0 aromatic heterocycles. The van der Waals surface area contributed by atoms with Crippen molar-refractivity contribution >= 4 is 0 Å². The zero-order valence-electron chi connectivity index (χ0n) is 18.5. The number of ether oxygens (including phenoxy) is 2. The van der Waals surface area contributed by atoms with Gasteiger partial charge in [0.15, 0.2) is 0 Å². The zero-order valence-corrected chi connectivity index (χ0v) is 18.5. The largest absolute Gasteiger partial charge is 0.392 e. The molecule has 0 bridgehead atoms. The minimum absolute atomic E-state index is 0.0361. The van der Waals surface area contributed by atoms with Gasteiger partial charge in [-0.15, -0.1) is 0 Å². The Kier molecular flexibility index (Phi) is 6.89. The maximum Gasteiger partial charge on any atom is 0.0681 e. The van der Waals surface area contributed by atoms with Gasteiger partial charge in [0.1, 0.15) is 0 Å². The first kappa shape index (κ1) is 22.0. The van der Waals surface area contributed by atoms with Crippen molar-refractivity contribution in [3.05, 3.63) is 0 Å². The van der Waals surface area contributed by atoms with Gasteiger partial charge in [-0.3, -0.25) is 0 Å². The van der Waals surface area contributed by atoms with Crippen LogP contribution in [-0.4, -0.2) is 96.9 Å². The lowest BCUT2D eigenvalue weighted by atomic mass is 9.58. The fraction of sp³-hybridized carbons (Fsp3) is 1.00. The van der Waals surface area contributed by atoms with E-state index in [2.05, 4.69) is 23.6 Å². The van der Waals surface area contributed by atoms with Crippen molar-refractivity contribution in [1.29, 1.82) is 0 Å². The van der Waals surface area contributed by atoms with E-state index in [-0.39, 0.29) is 35.2 Å². The third-order valence-electron chi connectivity index (χ3n) is 8.74. The minimum Gasteiger partial charge on any atom is -0.392 e. The second kappa shape index (κ2) is 9.09. The number of nitrogens with zero attached hydrogens (tertiary/aromatic N) is 2. The lowest BCUT2D eigenvalue weighted by Crippen LogP contribution is -2.62. The highest BCUT2D eigenvalue weighted by molar-refractivity contribution is 5.07. The van der Waals surface area contributed by atoms with E-state index >= 15 is 0 Å². The van der Waals surface area contributed by atoms with Crippen LogP contribution in [0, 0.1) is 10.8 Å². The van der Waals surface area contributed by atoms with Crippen LogP contribution < -0.4 is 0 Å². The third kappa shape index (κ3) is 4.01.